The smallest absolute Gasteiger partial charge is 0.212 e. The molecule has 1 aliphatic heterocycles. The number of hydrogen-bond acceptors (Lipinski definition) is 3. The Bertz CT molecular complexity index is 231. The molecule has 0 atom stereocenters. The van der Waals surface area contributed by atoms with E-state index >= 15 is 0 Å². The van der Waals surface area contributed by atoms with Crippen LogP contribution in [0.2, 0.25) is 0 Å². The van der Waals surface area contributed by atoms with Gasteiger partial charge in [-0.3, -0.25) is 0 Å². The second kappa shape index (κ2) is 5.22. The van der Waals surface area contributed by atoms with Crippen molar-refractivity contribution in [3.8, 4) is 0 Å². The molecule has 1 heterocycles. The Kier molecular flexibility index (Phi) is 4.55. The second-order valence-corrected chi connectivity index (χ2v) is 6.49. The van der Waals surface area contributed by atoms with Gasteiger partial charge in [-0.05, 0) is 18.6 Å². The highest BCUT2D eigenvalue weighted by Crippen LogP contribution is 2.13. The third-order valence-corrected chi connectivity index (χ3v) is 5.16. The molecule has 0 amide bonds. The SMILES string of the molecule is CCCS(=O)(=O)N1CCCSCC1. The summed E-state index contributed by atoms with van der Waals surface area (Å²) < 4.78 is 25.0. The lowest BCUT2D eigenvalue weighted by Crippen LogP contribution is -2.34. The van der Waals surface area contributed by atoms with Crippen LogP contribution in [0.15, 0.2) is 0 Å². The highest BCUT2D eigenvalue weighted by Gasteiger charge is 2.21. The maximum atomic E-state index is 11.7. The molecule has 0 saturated carbocycles. The van der Waals surface area contributed by atoms with Crippen LogP contribution >= 0.6 is 11.8 Å². The Balaban J connectivity index is 2.57. The van der Waals surface area contributed by atoms with Gasteiger partial charge in [0, 0.05) is 18.8 Å². The lowest BCUT2D eigenvalue weighted by molar-refractivity contribution is 0.434. The van der Waals surface area contributed by atoms with E-state index in [4.69, 9.17) is 0 Å². The van der Waals surface area contributed by atoms with Gasteiger partial charge in [0.05, 0.1) is 5.75 Å². The molecular formula is C8H17NO2S2. The molecule has 3 nitrogen and oxygen atoms in total. The Hall–Kier alpha value is 0.260. The number of sulfonamides is 1. The second-order valence-electron chi connectivity index (χ2n) is 3.18. The van der Waals surface area contributed by atoms with Crippen LogP contribution in [0.1, 0.15) is 19.8 Å². The molecule has 1 aliphatic rings. The molecule has 0 aliphatic carbocycles. The molecule has 0 aromatic carbocycles. The van der Waals surface area contributed by atoms with Gasteiger partial charge in [0.15, 0.2) is 0 Å². The first-order valence-corrected chi connectivity index (χ1v) is 7.49. The van der Waals surface area contributed by atoms with E-state index in [-0.39, 0.29) is 0 Å². The normalized spacial score (nSPS) is 21.3. The fourth-order valence-electron chi connectivity index (χ4n) is 1.39. The molecule has 0 bridgehead atoms. The maximum Gasteiger partial charge on any atom is 0.214 e. The van der Waals surface area contributed by atoms with Crippen LogP contribution in [0, 0.1) is 0 Å². The quantitative estimate of drug-likeness (QED) is 0.720. The van der Waals surface area contributed by atoms with E-state index in [2.05, 4.69) is 0 Å². The maximum absolute atomic E-state index is 11.7. The van der Waals surface area contributed by atoms with E-state index in [0.717, 1.165) is 24.5 Å². The van der Waals surface area contributed by atoms with E-state index in [9.17, 15) is 8.42 Å². The monoisotopic (exact) mass is 223 g/mol. The van der Waals surface area contributed by atoms with Crippen molar-refractivity contribution in [2.75, 3.05) is 30.3 Å². The van der Waals surface area contributed by atoms with Gasteiger partial charge in [0.2, 0.25) is 10.0 Å². The fourth-order valence-corrected chi connectivity index (χ4v) is 3.94. The van der Waals surface area contributed by atoms with Crippen LogP contribution in [0.5, 0.6) is 0 Å². The molecule has 0 spiro atoms. The van der Waals surface area contributed by atoms with Crippen molar-refractivity contribution in [1.29, 1.82) is 0 Å². The lowest BCUT2D eigenvalue weighted by atomic mass is 10.5. The summed E-state index contributed by atoms with van der Waals surface area (Å²) in [6.07, 6.45) is 1.71. The van der Waals surface area contributed by atoms with Crippen molar-refractivity contribution in [2.24, 2.45) is 0 Å². The van der Waals surface area contributed by atoms with Crippen LogP contribution in [-0.2, 0) is 10.0 Å². The summed E-state index contributed by atoms with van der Waals surface area (Å²) in [6, 6.07) is 0. The molecule has 1 saturated heterocycles. The zero-order valence-corrected chi connectivity index (χ0v) is 9.66. The van der Waals surface area contributed by atoms with Gasteiger partial charge < -0.3 is 0 Å². The number of nitrogens with zero attached hydrogens (tertiary/aromatic N) is 1. The highest BCUT2D eigenvalue weighted by molar-refractivity contribution is 7.99. The summed E-state index contributed by atoms with van der Waals surface area (Å²) in [7, 11) is -2.94. The molecule has 0 aromatic heterocycles. The summed E-state index contributed by atoms with van der Waals surface area (Å²) in [6.45, 7) is 3.33. The van der Waals surface area contributed by atoms with Crippen molar-refractivity contribution in [2.45, 2.75) is 19.8 Å². The van der Waals surface area contributed by atoms with Crippen molar-refractivity contribution in [3.63, 3.8) is 0 Å². The number of hydrogen-bond donors (Lipinski definition) is 0. The molecule has 5 heteroatoms. The van der Waals surface area contributed by atoms with E-state index < -0.39 is 10.0 Å². The van der Waals surface area contributed by atoms with Gasteiger partial charge >= 0.3 is 0 Å². The van der Waals surface area contributed by atoms with Crippen molar-refractivity contribution in [3.05, 3.63) is 0 Å². The number of rotatable bonds is 3. The minimum atomic E-state index is -2.94. The van der Waals surface area contributed by atoms with E-state index in [1.807, 2.05) is 18.7 Å². The van der Waals surface area contributed by atoms with Crippen LogP contribution < -0.4 is 0 Å². The average molecular weight is 223 g/mol. The van der Waals surface area contributed by atoms with Crippen LogP contribution in [0.4, 0.5) is 0 Å². The highest BCUT2D eigenvalue weighted by atomic mass is 32.2. The molecule has 1 rings (SSSR count). The molecule has 0 N–H and O–H groups in total. The van der Waals surface area contributed by atoms with Crippen LogP contribution in [0.3, 0.4) is 0 Å². The molecule has 0 radical (unpaired) electrons. The predicted octanol–water partition coefficient (Wildman–Crippen LogP) is 1.17. The van der Waals surface area contributed by atoms with Gasteiger partial charge in [-0.1, -0.05) is 6.92 Å². The third kappa shape index (κ3) is 3.48. The third-order valence-electron chi connectivity index (χ3n) is 2.04. The fraction of sp³-hybridized carbons (Fsp3) is 1.00. The topological polar surface area (TPSA) is 37.4 Å². The minimum Gasteiger partial charge on any atom is -0.212 e. The first kappa shape index (κ1) is 11.3. The van der Waals surface area contributed by atoms with Gasteiger partial charge in [-0.15, -0.1) is 0 Å². The molecule has 0 aromatic rings. The lowest BCUT2D eigenvalue weighted by Gasteiger charge is -2.18. The average Bonchev–Trinajstić information content (AvgIpc) is 2.31. The van der Waals surface area contributed by atoms with Crippen LogP contribution in [0.25, 0.3) is 0 Å². The molecule has 78 valence electrons. The van der Waals surface area contributed by atoms with Crippen molar-refractivity contribution in [1.82, 2.24) is 4.31 Å². The predicted molar refractivity (Wildman–Crippen MR) is 57.6 cm³/mol. The Labute approximate surface area is 84.9 Å². The Morgan fingerprint density at radius 2 is 2.08 bits per heavy atom. The Morgan fingerprint density at radius 3 is 2.77 bits per heavy atom. The first-order chi connectivity index (χ1) is 6.17. The zero-order chi connectivity index (χ0) is 9.73. The summed E-state index contributed by atoms with van der Waals surface area (Å²) in [5.74, 6) is 2.35. The minimum absolute atomic E-state index is 0.303. The van der Waals surface area contributed by atoms with Gasteiger partial charge in [-0.25, -0.2) is 12.7 Å². The van der Waals surface area contributed by atoms with Crippen LogP contribution in [-0.4, -0.2) is 43.1 Å². The first-order valence-electron chi connectivity index (χ1n) is 4.72. The number of thioether (sulfide) groups is 1. The summed E-state index contributed by atoms with van der Waals surface area (Å²) >= 11 is 1.85. The van der Waals surface area contributed by atoms with Crippen molar-refractivity contribution >= 4 is 21.8 Å². The standard InChI is InChI=1S/C8H17NO2S2/c1-2-8-13(10,11)9-4-3-6-12-7-5-9/h2-8H2,1H3. The van der Waals surface area contributed by atoms with Gasteiger partial charge in [0.1, 0.15) is 0 Å². The van der Waals surface area contributed by atoms with Gasteiger partial charge in [-0.2, -0.15) is 11.8 Å². The summed E-state index contributed by atoms with van der Waals surface area (Å²) in [5.41, 5.74) is 0. The van der Waals surface area contributed by atoms with E-state index in [1.165, 1.54) is 0 Å². The summed E-state index contributed by atoms with van der Waals surface area (Å²) in [4.78, 5) is 0. The Morgan fingerprint density at radius 1 is 1.31 bits per heavy atom. The zero-order valence-electron chi connectivity index (χ0n) is 8.03. The van der Waals surface area contributed by atoms with E-state index in [0.29, 0.717) is 18.7 Å². The molecule has 1 fully saturated rings. The van der Waals surface area contributed by atoms with E-state index in [1.54, 1.807) is 4.31 Å². The molecule has 13 heavy (non-hydrogen) atoms. The largest absolute Gasteiger partial charge is 0.214 e. The summed E-state index contributed by atoms with van der Waals surface area (Å²) in [5, 5.41) is 0. The molecular weight excluding hydrogens is 206 g/mol. The molecule has 0 unspecified atom stereocenters. The van der Waals surface area contributed by atoms with Gasteiger partial charge in [0.25, 0.3) is 0 Å². The van der Waals surface area contributed by atoms with Crippen molar-refractivity contribution < 1.29 is 8.42 Å².